The summed E-state index contributed by atoms with van der Waals surface area (Å²) in [5.41, 5.74) is 2.99. The highest BCUT2D eigenvalue weighted by Gasteiger charge is 1.98. The van der Waals surface area contributed by atoms with Gasteiger partial charge in [-0.2, -0.15) is 5.26 Å². The summed E-state index contributed by atoms with van der Waals surface area (Å²) < 4.78 is 0. The number of nitrogens with zero attached hydrogens (tertiary/aromatic N) is 4. The fourth-order valence-corrected chi connectivity index (χ4v) is 1.30. The minimum absolute atomic E-state index is 0.394. The van der Waals surface area contributed by atoms with Gasteiger partial charge in [0, 0.05) is 18.1 Å². The van der Waals surface area contributed by atoms with Crippen LogP contribution in [0.15, 0.2) is 30.7 Å². The normalized spacial score (nSPS) is 9.65. The van der Waals surface area contributed by atoms with Crippen LogP contribution >= 0.6 is 0 Å². The van der Waals surface area contributed by atoms with Crippen molar-refractivity contribution in [1.82, 2.24) is 15.0 Å². The van der Waals surface area contributed by atoms with Gasteiger partial charge in [0.25, 0.3) is 0 Å². The lowest BCUT2D eigenvalue weighted by Crippen LogP contribution is -2.03. The van der Waals surface area contributed by atoms with Gasteiger partial charge in [0.15, 0.2) is 0 Å². The van der Waals surface area contributed by atoms with Crippen molar-refractivity contribution in [1.29, 1.82) is 5.26 Å². The molecule has 0 aliphatic carbocycles. The number of anilines is 1. The van der Waals surface area contributed by atoms with E-state index in [1.807, 2.05) is 19.1 Å². The van der Waals surface area contributed by atoms with Crippen molar-refractivity contribution in [2.45, 2.75) is 13.5 Å². The predicted octanol–water partition coefficient (Wildman–Crippen LogP) is 1.66. The summed E-state index contributed by atoms with van der Waals surface area (Å²) in [6.07, 6.45) is 5.06. The van der Waals surface area contributed by atoms with Gasteiger partial charge in [-0.3, -0.25) is 9.97 Å². The van der Waals surface area contributed by atoms with E-state index in [4.69, 9.17) is 5.26 Å². The molecule has 0 amide bonds. The van der Waals surface area contributed by atoms with Gasteiger partial charge in [-0.15, -0.1) is 0 Å². The number of aryl methyl sites for hydroxylation is 1. The molecule has 2 rings (SSSR count). The molecule has 2 aromatic rings. The number of aromatic nitrogens is 3. The molecule has 0 atom stereocenters. The van der Waals surface area contributed by atoms with Crippen LogP contribution in [0.1, 0.15) is 17.1 Å². The number of rotatable bonds is 3. The minimum atomic E-state index is 0.394. The molecule has 0 aliphatic heterocycles. The lowest BCUT2D eigenvalue weighted by Gasteiger charge is -2.05. The molecule has 5 heteroatoms. The molecule has 17 heavy (non-hydrogen) atoms. The molecule has 0 aromatic carbocycles. The Labute approximate surface area is 99.2 Å². The average molecular weight is 225 g/mol. The number of hydrogen-bond acceptors (Lipinski definition) is 5. The van der Waals surface area contributed by atoms with Crippen LogP contribution in [-0.4, -0.2) is 15.0 Å². The summed E-state index contributed by atoms with van der Waals surface area (Å²) in [7, 11) is 0. The van der Waals surface area contributed by atoms with E-state index >= 15 is 0 Å². The Morgan fingerprint density at radius 3 is 2.88 bits per heavy atom. The van der Waals surface area contributed by atoms with Crippen molar-refractivity contribution in [3.8, 4) is 6.07 Å². The molecule has 0 saturated heterocycles. The van der Waals surface area contributed by atoms with Gasteiger partial charge in [0.1, 0.15) is 11.8 Å². The van der Waals surface area contributed by atoms with Crippen LogP contribution in [0, 0.1) is 18.3 Å². The van der Waals surface area contributed by atoms with Gasteiger partial charge >= 0.3 is 0 Å². The Morgan fingerprint density at radius 2 is 2.18 bits per heavy atom. The van der Waals surface area contributed by atoms with Crippen molar-refractivity contribution >= 4 is 5.69 Å². The summed E-state index contributed by atoms with van der Waals surface area (Å²) in [4.78, 5) is 12.3. The molecule has 0 bridgehead atoms. The minimum Gasteiger partial charge on any atom is -0.379 e. The summed E-state index contributed by atoms with van der Waals surface area (Å²) in [6.45, 7) is 2.47. The molecule has 0 unspecified atom stereocenters. The first kappa shape index (κ1) is 11.0. The average Bonchev–Trinajstić information content (AvgIpc) is 2.38. The summed E-state index contributed by atoms with van der Waals surface area (Å²) >= 11 is 0. The van der Waals surface area contributed by atoms with Crippen LogP contribution in [0.25, 0.3) is 0 Å². The Balaban J connectivity index is 2.02. The van der Waals surface area contributed by atoms with Crippen LogP contribution in [0.2, 0.25) is 0 Å². The SMILES string of the molecule is Cc1cnc(CNc2ccnc(C#N)c2)cn1. The van der Waals surface area contributed by atoms with Crippen molar-refractivity contribution in [2.24, 2.45) is 0 Å². The fraction of sp³-hybridized carbons (Fsp3) is 0.167. The van der Waals surface area contributed by atoms with Gasteiger partial charge in [-0.1, -0.05) is 0 Å². The molecule has 84 valence electrons. The van der Waals surface area contributed by atoms with E-state index in [1.165, 1.54) is 0 Å². The molecule has 0 radical (unpaired) electrons. The number of hydrogen-bond donors (Lipinski definition) is 1. The van der Waals surface area contributed by atoms with Gasteiger partial charge in [0.05, 0.1) is 24.1 Å². The quantitative estimate of drug-likeness (QED) is 0.859. The first-order valence-corrected chi connectivity index (χ1v) is 5.15. The van der Waals surface area contributed by atoms with E-state index < -0.39 is 0 Å². The predicted molar refractivity (Wildman–Crippen MR) is 63.0 cm³/mol. The van der Waals surface area contributed by atoms with Crippen molar-refractivity contribution < 1.29 is 0 Å². The van der Waals surface area contributed by atoms with Crippen molar-refractivity contribution in [2.75, 3.05) is 5.32 Å². The smallest absolute Gasteiger partial charge is 0.142 e. The van der Waals surface area contributed by atoms with Crippen molar-refractivity contribution in [3.05, 3.63) is 47.8 Å². The lowest BCUT2D eigenvalue weighted by molar-refractivity contribution is 0.983. The van der Waals surface area contributed by atoms with E-state index in [2.05, 4.69) is 20.3 Å². The number of nitriles is 1. The fourth-order valence-electron chi connectivity index (χ4n) is 1.30. The maximum atomic E-state index is 8.72. The van der Waals surface area contributed by atoms with Crippen LogP contribution < -0.4 is 5.32 Å². The molecule has 1 N–H and O–H groups in total. The zero-order chi connectivity index (χ0) is 12.1. The highest BCUT2D eigenvalue weighted by molar-refractivity contribution is 5.45. The third-order valence-corrected chi connectivity index (χ3v) is 2.18. The second-order valence-electron chi connectivity index (χ2n) is 3.54. The van der Waals surface area contributed by atoms with E-state index in [0.717, 1.165) is 17.1 Å². The van der Waals surface area contributed by atoms with Gasteiger partial charge in [-0.25, -0.2) is 4.98 Å². The van der Waals surface area contributed by atoms with E-state index in [0.29, 0.717) is 12.2 Å². The first-order valence-electron chi connectivity index (χ1n) is 5.15. The zero-order valence-corrected chi connectivity index (χ0v) is 9.38. The molecule has 5 nitrogen and oxygen atoms in total. The molecular formula is C12H11N5. The van der Waals surface area contributed by atoms with Crippen molar-refractivity contribution in [3.63, 3.8) is 0 Å². The largest absolute Gasteiger partial charge is 0.379 e. The molecule has 2 aromatic heterocycles. The second kappa shape index (κ2) is 5.03. The third kappa shape index (κ3) is 2.98. The molecule has 0 aliphatic rings. The van der Waals surface area contributed by atoms with Gasteiger partial charge in [0.2, 0.25) is 0 Å². The Bertz CT molecular complexity index is 542. The monoisotopic (exact) mass is 225 g/mol. The first-order chi connectivity index (χ1) is 8.28. The van der Waals surface area contributed by atoms with Gasteiger partial charge < -0.3 is 5.32 Å². The highest BCUT2D eigenvalue weighted by atomic mass is 14.9. The lowest BCUT2D eigenvalue weighted by atomic mass is 10.3. The van der Waals surface area contributed by atoms with Crippen LogP contribution in [-0.2, 0) is 6.54 Å². The molecule has 0 fully saturated rings. The highest BCUT2D eigenvalue weighted by Crippen LogP contribution is 2.08. The Morgan fingerprint density at radius 1 is 1.29 bits per heavy atom. The van der Waals surface area contributed by atoms with Crippen LogP contribution in [0.3, 0.4) is 0 Å². The number of nitrogens with one attached hydrogen (secondary N) is 1. The van der Waals surface area contributed by atoms with E-state index in [1.54, 1.807) is 24.7 Å². The zero-order valence-electron chi connectivity index (χ0n) is 9.38. The van der Waals surface area contributed by atoms with Crippen LogP contribution in [0.5, 0.6) is 0 Å². The van der Waals surface area contributed by atoms with E-state index in [-0.39, 0.29) is 0 Å². The summed E-state index contributed by atoms with van der Waals surface area (Å²) in [5.74, 6) is 0. The number of pyridine rings is 1. The van der Waals surface area contributed by atoms with E-state index in [9.17, 15) is 0 Å². The molecule has 0 spiro atoms. The standard InChI is InChI=1S/C12H11N5/c1-9-6-16-12(7-15-9)8-17-10-2-3-14-11(4-10)5-13/h2-4,6-7H,8H2,1H3,(H,14,17). The third-order valence-electron chi connectivity index (χ3n) is 2.18. The second-order valence-corrected chi connectivity index (χ2v) is 3.54. The van der Waals surface area contributed by atoms with Crippen LogP contribution in [0.4, 0.5) is 5.69 Å². The maximum absolute atomic E-state index is 8.72. The topological polar surface area (TPSA) is 74.5 Å². The summed E-state index contributed by atoms with van der Waals surface area (Å²) in [6, 6.07) is 5.50. The summed E-state index contributed by atoms with van der Waals surface area (Å²) in [5, 5.41) is 11.9. The maximum Gasteiger partial charge on any atom is 0.142 e. The molecule has 2 heterocycles. The molecule has 0 saturated carbocycles. The molecular weight excluding hydrogens is 214 g/mol. The Kier molecular flexibility index (Phi) is 3.26. The van der Waals surface area contributed by atoms with Gasteiger partial charge in [-0.05, 0) is 19.1 Å². The Hall–Kier alpha value is -2.48.